The number of nitrogens with two attached hydrogens (primary N) is 1. The van der Waals surface area contributed by atoms with E-state index in [-0.39, 0.29) is 18.6 Å². The largest absolute Gasteiger partial charge is 0.493 e. The molecule has 92 valence electrons. The van der Waals surface area contributed by atoms with Gasteiger partial charge in [-0.3, -0.25) is 4.79 Å². The van der Waals surface area contributed by atoms with Crippen LogP contribution < -0.4 is 10.5 Å². The summed E-state index contributed by atoms with van der Waals surface area (Å²) in [5, 5.41) is 0. The fourth-order valence-corrected chi connectivity index (χ4v) is 1.91. The third-order valence-corrected chi connectivity index (χ3v) is 3.02. The molecule has 1 amide bonds. The molecule has 1 atom stereocenters. The summed E-state index contributed by atoms with van der Waals surface area (Å²) >= 11 is 3.19. The Morgan fingerprint density at radius 1 is 1.53 bits per heavy atom. The Bertz CT molecular complexity index is 465. The first-order valence-corrected chi connectivity index (χ1v) is 5.79. The Morgan fingerprint density at radius 2 is 2.18 bits per heavy atom. The van der Waals surface area contributed by atoms with Crippen molar-refractivity contribution in [2.45, 2.75) is 12.3 Å². The van der Waals surface area contributed by atoms with E-state index < -0.39 is 17.7 Å². The maximum absolute atomic E-state index is 12.6. The van der Waals surface area contributed by atoms with Crippen LogP contribution in [-0.2, 0) is 0 Å². The van der Waals surface area contributed by atoms with Gasteiger partial charge in [-0.25, -0.2) is 8.78 Å². The van der Waals surface area contributed by atoms with Crippen molar-refractivity contribution in [3.8, 4) is 5.75 Å². The molecule has 3 nitrogen and oxygen atoms in total. The lowest BCUT2D eigenvalue weighted by Gasteiger charge is -2.07. The number of hydrogen-bond acceptors (Lipinski definition) is 2. The Balaban J connectivity index is 2.03. The van der Waals surface area contributed by atoms with E-state index in [0.717, 1.165) is 0 Å². The third-order valence-electron chi connectivity index (χ3n) is 2.56. The molecule has 1 saturated carbocycles. The number of benzene rings is 1. The van der Waals surface area contributed by atoms with E-state index in [1.54, 1.807) is 12.1 Å². The van der Waals surface area contributed by atoms with Crippen LogP contribution in [0.3, 0.4) is 0 Å². The number of ether oxygens (including phenoxy) is 1. The van der Waals surface area contributed by atoms with Crippen LogP contribution in [-0.4, -0.2) is 18.4 Å². The number of hydrogen-bond donors (Lipinski definition) is 1. The molecule has 0 heterocycles. The van der Waals surface area contributed by atoms with Gasteiger partial charge in [-0.15, -0.1) is 0 Å². The van der Waals surface area contributed by atoms with E-state index in [4.69, 9.17) is 10.5 Å². The average Bonchev–Trinajstić information content (AvgIpc) is 2.83. The fraction of sp³-hybridized carbons (Fsp3) is 0.364. The first-order chi connectivity index (χ1) is 7.88. The van der Waals surface area contributed by atoms with E-state index in [1.807, 2.05) is 0 Å². The molecule has 1 aliphatic carbocycles. The van der Waals surface area contributed by atoms with Crippen LogP contribution in [0.25, 0.3) is 0 Å². The lowest BCUT2D eigenvalue weighted by Crippen LogP contribution is -2.11. The van der Waals surface area contributed by atoms with Gasteiger partial charge in [0.25, 0.3) is 5.92 Å². The van der Waals surface area contributed by atoms with E-state index >= 15 is 0 Å². The van der Waals surface area contributed by atoms with E-state index in [9.17, 15) is 13.6 Å². The van der Waals surface area contributed by atoms with Gasteiger partial charge in [-0.1, -0.05) is 15.9 Å². The Morgan fingerprint density at radius 3 is 2.71 bits per heavy atom. The number of carbonyl (C=O) groups is 1. The molecule has 0 bridgehead atoms. The molecule has 0 spiro atoms. The zero-order chi connectivity index (χ0) is 12.6. The van der Waals surface area contributed by atoms with Crippen molar-refractivity contribution in [3.63, 3.8) is 0 Å². The summed E-state index contributed by atoms with van der Waals surface area (Å²) in [4.78, 5) is 11.0. The molecule has 1 unspecified atom stereocenters. The number of rotatable bonds is 4. The maximum Gasteiger partial charge on any atom is 0.255 e. The van der Waals surface area contributed by atoms with Crippen LogP contribution in [0, 0.1) is 5.92 Å². The highest BCUT2D eigenvalue weighted by Gasteiger charge is 2.57. The smallest absolute Gasteiger partial charge is 0.255 e. The number of alkyl halides is 2. The van der Waals surface area contributed by atoms with E-state index in [1.165, 1.54) is 6.07 Å². The van der Waals surface area contributed by atoms with Crippen LogP contribution in [0.4, 0.5) is 8.78 Å². The van der Waals surface area contributed by atoms with Gasteiger partial charge in [0.2, 0.25) is 5.91 Å². The molecule has 1 aromatic carbocycles. The third kappa shape index (κ3) is 2.94. The highest BCUT2D eigenvalue weighted by atomic mass is 79.9. The van der Waals surface area contributed by atoms with Crippen molar-refractivity contribution in [2.24, 2.45) is 11.7 Å². The normalized spacial score (nSPS) is 21.0. The molecule has 6 heteroatoms. The van der Waals surface area contributed by atoms with E-state index in [2.05, 4.69) is 15.9 Å². The van der Waals surface area contributed by atoms with Gasteiger partial charge in [0.05, 0.1) is 12.5 Å². The molecule has 17 heavy (non-hydrogen) atoms. The number of primary amides is 1. The highest BCUT2D eigenvalue weighted by Crippen LogP contribution is 2.48. The Labute approximate surface area is 105 Å². The molecular formula is C11H10BrF2NO2. The number of halogens is 3. The summed E-state index contributed by atoms with van der Waals surface area (Å²) in [6.07, 6.45) is -0.135. The summed E-state index contributed by atoms with van der Waals surface area (Å²) in [7, 11) is 0. The second-order valence-corrected chi connectivity index (χ2v) is 4.93. The predicted octanol–water partition coefficient (Wildman–Crippen LogP) is 2.58. The van der Waals surface area contributed by atoms with E-state index in [0.29, 0.717) is 10.2 Å². The first kappa shape index (κ1) is 12.3. The summed E-state index contributed by atoms with van der Waals surface area (Å²) in [5.41, 5.74) is 5.40. The summed E-state index contributed by atoms with van der Waals surface area (Å²) < 4.78 is 31.1. The van der Waals surface area contributed by atoms with Gasteiger partial charge in [0.1, 0.15) is 5.75 Å². The summed E-state index contributed by atoms with van der Waals surface area (Å²) in [5.74, 6) is -3.55. The first-order valence-electron chi connectivity index (χ1n) is 4.99. The molecule has 2 rings (SSSR count). The number of carbonyl (C=O) groups excluding carboxylic acids is 1. The quantitative estimate of drug-likeness (QED) is 0.929. The van der Waals surface area contributed by atoms with Crippen molar-refractivity contribution in [3.05, 3.63) is 28.2 Å². The molecule has 0 saturated heterocycles. The summed E-state index contributed by atoms with van der Waals surface area (Å²) in [6, 6.07) is 4.58. The minimum Gasteiger partial charge on any atom is -0.493 e. The minimum atomic E-state index is -2.60. The lowest BCUT2D eigenvalue weighted by atomic mass is 10.2. The van der Waals surface area contributed by atoms with Crippen LogP contribution in [0.2, 0.25) is 0 Å². The monoisotopic (exact) mass is 305 g/mol. The molecule has 1 fully saturated rings. The zero-order valence-corrected chi connectivity index (χ0v) is 10.3. The van der Waals surface area contributed by atoms with Crippen LogP contribution in [0.15, 0.2) is 22.7 Å². The maximum atomic E-state index is 12.6. The molecule has 0 radical (unpaired) electrons. The van der Waals surface area contributed by atoms with Gasteiger partial charge in [0.15, 0.2) is 0 Å². The highest BCUT2D eigenvalue weighted by molar-refractivity contribution is 9.10. The van der Waals surface area contributed by atoms with Gasteiger partial charge in [0, 0.05) is 16.5 Å². The zero-order valence-electron chi connectivity index (χ0n) is 8.75. The molecule has 2 N–H and O–H groups in total. The topological polar surface area (TPSA) is 52.3 Å². The van der Waals surface area contributed by atoms with Crippen molar-refractivity contribution in [1.29, 1.82) is 0 Å². The van der Waals surface area contributed by atoms with Crippen LogP contribution >= 0.6 is 15.9 Å². The van der Waals surface area contributed by atoms with Crippen molar-refractivity contribution < 1.29 is 18.3 Å². The van der Waals surface area contributed by atoms with Crippen molar-refractivity contribution in [2.75, 3.05) is 6.61 Å². The minimum absolute atomic E-state index is 0.0539. The second kappa shape index (κ2) is 4.25. The number of amides is 1. The molecule has 0 aromatic heterocycles. The predicted molar refractivity (Wildman–Crippen MR) is 61.2 cm³/mol. The van der Waals surface area contributed by atoms with Crippen molar-refractivity contribution >= 4 is 21.8 Å². The molecule has 1 aliphatic rings. The lowest BCUT2D eigenvalue weighted by molar-refractivity contribution is 0.0854. The second-order valence-electron chi connectivity index (χ2n) is 4.01. The van der Waals surface area contributed by atoms with Crippen molar-refractivity contribution in [1.82, 2.24) is 0 Å². The molecule has 1 aromatic rings. The Kier molecular flexibility index (Phi) is 3.07. The average molecular weight is 306 g/mol. The molecular weight excluding hydrogens is 296 g/mol. The van der Waals surface area contributed by atoms with Gasteiger partial charge < -0.3 is 10.5 Å². The standard InChI is InChI=1S/C11H10BrF2NO2/c12-8-1-6(10(15)16)2-9(3-8)17-5-7-4-11(7,13)14/h1-3,7H,4-5H2,(H2,15,16). The SMILES string of the molecule is NC(=O)c1cc(Br)cc(OCC2CC2(F)F)c1. The fourth-order valence-electron chi connectivity index (χ4n) is 1.44. The summed E-state index contributed by atoms with van der Waals surface area (Å²) in [6.45, 7) is -0.0539. The van der Waals surface area contributed by atoms with Gasteiger partial charge in [-0.05, 0) is 18.2 Å². The Hall–Kier alpha value is -1.17. The van der Waals surface area contributed by atoms with Crippen LogP contribution in [0.1, 0.15) is 16.8 Å². The van der Waals surface area contributed by atoms with Crippen LogP contribution in [0.5, 0.6) is 5.75 Å². The van der Waals surface area contributed by atoms with Gasteiger partial charge >= 0.3 is 0 Å². The molecule has 0 aliphatic heterocycles. The van der Waals surface area contributed by atoms with Gasteiger partial charge in [-0.2, -0.15) is 0 Å².